The third-order valence-corrected chi connectivity index (χ3v) is 1.01. The average Bonchev–Trinajstić information content (AvgIpc) is 2.30. The number of hydrogen-bond acceptors (Lipinski definition) is 4. The first kappa shape index (κ1) is 6.42. The number of nitrogens with two attached hydrogens (primary N) is 1. The largest absolute Gasteiger partial charge is 0.479 e. The molecule has 5 nitrogen and oxygen atoms in total. The van der Waals surface area contributed by atoms with Gasteiger partial charge in [-0.1, -0.05) is 0 Å². The molecule has 1 heterocycles. The van der Waals surface area contributed by atoms with Gasteiger partial charge in [-0.25, -0.2) is 0 Å². The summed E-state index contributed by atoms with van der Waals surface area (Å²) >= 11 is 0. The lowest BCUT2D eigenvalue weighted by Crippen LogP contribution is -2.07. The van der Waals surface area contributed by atoms with Crippen molar-refractivity contribution in [3.63, 3.8) is 0 Å². The zero-order chi connectivity index (χ0) is 7.56. The normalized spacial score (nSPS) is 8.80. The Hall–Kier alpha value is -1.70. The van der Waals surface area contributed by atoms with Crippen molar-refractivity contribution in [3.05, 3.63) is 11.8 Å². The van der Waals surface area contributed by atoms with Crippen molar-refractivity contribution in [2.75, 3.05) is 13.0 Å². The van der Waals surface area contributed by atoms with Gasteiger partial charge >= 0.3 is 0 Å². The number of methoxy groups -OCH3 is 1. The quantitative estimate of drug-likeness (QED) is 0.529. The van der Waals surface area contributed by atoms with Crippen molar-refractivity contribution in [2.45, 2.75) is 0 Å². The molecule has 5 heteroatoms. The zero-order valence-electron chi connectivity index (χ0n) is 5.40. The SMILES string of the molecule is COc1nn(N)cc1C#N. The molecule has 0 radical (unpaired) electrons. The summed E-state index contributed by atoms with van der Waals surface area (Å²) in [6.07, 6.45) is 1.39. The highest BCUT2D eigenvalue weighted by molar-refractivity contribution is 5.35. The first-order valence-corrected chi connectivity index (χ1v) is 2.56. The molecule has 0 saturated carbocycles. The summed E-state index contributed by atoms with van der Waals surface area (Å²) in [6.45, 7) is 0. The van der Waals surface area contributed by atoms with Gasteiger partial charge in [-0.2, -0.15) is 10.1 Å². The summed E-state index contributed by atoms with van der Waals surface area (Å²) in [6, 6.07) is 1.88. The van der Waals surface area contributed by atoms with Gasteiger partial charge in [0.1, 0.15) is 11.6 Å². The Balaban J connectivity index is 3.12. The van der Waals surface area contributed by atoms with Crippen molar-refractivity contribution in [1.29, 1.82) is 5.26 Å². The molecule has 2 N–H and O–H groups in total. The minimum absolute atomic E-state index is 0.255. The van der Waals surface area contributed by atoms with Gasteiger partial charge in [0.25, 0.3) is 5.88 Å². The Kier molecular flexibility index (Phi) is 1.46. The number of hydrogen-bond donors (Lipinski definition) is 1. The lowest BCUT2D eigenvalue weighted by Gasteiger charge is -1.89. The van der Waals surface area contributed by atoms with Crippen LogP contribution in [0, 0.1) is 11.3 Å². The van der Waals surface area contributed by atoms with Gasteiger partial charge in [0.15, 0.2) is 0 Å². The summed E-state index contributed by atoms with van der Waals surface area (Å²) in [5.41, 5.74) is 0.338. The maximum absolute atomic E-state index is 8.42. The van der Waals surface area contributed by atoms with Crippen LogP contribution in [0.4, 0.5) is 0 Å². The van der Waals surface area contributed by atoms with E-state index in [-0.39, 0.29) is 5.88 Å². The fourth-order valence-corrected chi connectivity index (χ4v) is 0.603. The second-order valence-electron chi connectivity index (χ2n) is 1.64. The van der Waals surface area contributed by atoms with Crippen LogP contribution < -0.4 is 10.6 Å². The van der Waals surface area contributed by atoms with Gasteiger partial charge in [-0.05, 0) is 0 Å². The van der Waals surface area contributed by atoms with Crippen LogP contribution in [-0.2, 0) is 0 Å². The molecule has 0 aromatic carbocycles. The van der Waals surface area contributed by atoms with Crippen LogP contribution in [0.25, 0.3) is 0 Å². The molecule has 0 fully saturated rings. The van der Waals surface area contributed by atoms with E-state index in [2.05, 4.69) is 5.10 Å². The molecule has 1 aromatic rings. The highest BCUT2D eigenvalue weighted by Crippen LogP contribution is 2.11. The molecule has 0 aliphatic rings. The van der Waals surface area contributed by atoms with Gasteiger partial charge in [-0.15, -0.1) is 5.10 Å². The Morgan fingerprint density at radius 2 is 2.60 bits per heavy atom. The second kappa shape index (κ2) is 2.27. The predicted molar refractivity (Wildman–Crippen MR) is 33.6 cm³/mol. The minimum atomic E-state index is 0.255. The Labute approximate surface area is 57.6 Å². The summed E-state index contributed by atoms with van der Waals surface area (Å²) in [4.78, 5) is 1.04. The molecule has 10 heavy (non-hydrogen) atoms. The molecular weight excluding hydrogens is 132 g/mol. The van der Waals surface area contributed by atoms with Crippen LogP contribution in [0.15, 0.2) is 6.20 Å². The van der Waals surface area contributed by atoms with Crippen molar-refractivity contribution in [3.8, 4) is 11.9 Å². The van der Waals surface area contributed by atoms with Crippen molar-refractivity contribution in [2.24, 2.45) is 0 Å². The molecule has 0 atom stereocenters. The smallest absolute Gasteiger partial charge is 0.252 e. The highest BCUT2D eigenvalue weighted by Gasteiger charge is 2.05. The van der Waals surface area contributed by atoms with E-state index in [9.17, 15) is 0 Å². The summed E-state index contributed by atoms with van der Waals surface area (Å²) in [5.74, 6) is 5.46. The molecule has 1 aromatic heterocycles. The summed E-state index contributed by atoms with van der Waals surface area (Å²) < 4.78 is 4.72. The van der Waals surface area contributed by atoms with Gasteiger partial charge < -0.3 is 10.6 Å². The number of rotatable bonds is 1. The first-order valence-electron chi connectivity index (χ1n) is 2.56. The molecular formula is C5H6N4O. The third kappa shape index (κ3) is 0.865. The van der Waals surface area contributed by atoms with Gasteiger partial charge in [0.2, 0.25) is 0 Å². The zero-order valence-corrected chi connectivity index (χ0v) is 5.40. The Morgan fingerprint density at radius 3 is 3.00 bits per heavy atom. The van der Waals surface area contributed by atoms with Crippen LogP contribution >= 0.6 is 0 Å². The fraction of sp³-hybridized carbons (Fsp3) is 0.200. The van der Waals surface area contributed by atoms with E-state index in [1.54, 1.807) is 0 Å². The van der Waals surface area contributed by atoms with E-state index in [1.807, 2.05) is 6.07 Å². The Morgan fingerprint density at radius 1 is 1.90 bits per heavy atom. The lowest BCUT2D eigenvalue weighted by atomic mass is 10.4. The predicted octanol–water partition coefficient (Wildman–Crippen LogP) is -0.523. The summed E-state index contributed by atoms with van der Waals surface area (Å²) in [5, 5.41) is 12.1. The lowest BCUT2D eigenvalue weighted by molar-refractivity contribution is 0.392. The molecule has 0 aliphatic heterocycles. The highest BCUT2D eigenvalue weighted by atomic mass is 16.5. The van der Waals surface area contributed by atoms with E-state index in [0.29, 0.717) is 5.56 Å². The minimum Gasteiger partial charge on any atom is -0.479 e. The summed E-state index contributed by atoms with van der Waals surface area (Å²) in [7, 11) is 1.43. The molecule has 1 rings (SSSR count). The standard InChI is InChI=1S/C5H6N4O/c1-10-5-4(2-6)3-9(7)8-5/h3H,7H2,1H3. The van der Waals surface area contributed by atoms with Gasteiger partial charge in [0.05, 0.1) is 13.3 Å². The van der Waals surface area contributed by atoms with E-state index >= 15 is 0 Å². The molecule has 0 aliphatic carbocycles. The Bertz CT molecular complexity index is 272. The fourth-order valence-electron chi connectivity index (χ4n) is 0.603. The van der Waals surface area contributed by atoms with Crippen LogP contribution in [-0.4, -0.2) is 17.0 Å². The van der Waals surface area contributed by atoms with E-state index in [0.717, 1.165) is 4.79 Å². The molecule has 0 spiro atoms. The number of nitrogens with zero attached hydrogens (tertiary/aromatic N) is 3. The molecule has 0 bridgehead atoms. The number of aromatic nitrogens is 2. The van der Waals surface area contributed by atoms with Gasteiger partial charge in [0, 0.05) is 0 Å². The third-order valence-electron chi connectivity index (χ3n) is 1.01. The number of ether oxygens (including phenoxy) is 1. The maximum Gasteiger partial charge on any atom is 0.252 e. The van der Waals surface area contributed by atoms with Gasteiger partial charge in [-0.3, -0.25) is 0 Å². The molecule has 52 valence electrons. The van der Waals surface area contributed by atoms with Crippen LogP contribution in [0.2, 0.25) is 0 Å². The van der Waals surface area contributed by atoms with Crippen LogP contribution in [0.3, 0.4) is 0 Å². The second-order valence-corrected chi connectivity index (χ2v) is 1.64. The van der Waals surface area contributed by atoms with Crippen LogP contribution in [0.1, 0.15) is 5.56 Å². The van der Waals surface area contributed by atoms with E-state index in [4.69, 9.17) is 15.8 Å². The number of nitrogen functional groups attached to an aromatic ring is 1. The molecule has 0 saturated heterocycles. The topological polar surface area (TPSA) is 76.9 Å². The first-order chi connectivity index (χ1) is 4.77. The van der Waals surface area contributed by atoms with E-state index < -0.39 is 0 Å². The van der Waals surface area contributed by atoms with Crippen molar-refractivity contribution >= 4 is 0 Å². The van der Waals surface area contributed by atoms with Crippen molar-refractivity contribution in [1.82, 2.24) is 9.89 Å². The van der Waals surface area contributed by atoms with E-state index in [1.165, 1.54) is 13.3 Å². The number of nitriles is 1. The molecule has 0 unspecified atom stereocenters. The van der Waals surface area contributed by atoms with Crippen molar-refractivity contribution < 1.29 is 4.74 Å². The van der Waals surface area contributed by atoms with Crippen LogP contribution in [0.5, 0.6) is 5.88 Å². The molecule has 0 amide bonds. The maximum atomic E-state index is 8.42. The average molecular weight is 138 g/mol. The monoisotopic (exact) mass is 138 g/mol.